The molecule has 17 heavy (non-hydrogen) atoms. The van der Waals surface area contributed by atoms with Crippen molar-refractivity contribution in [3.8, 4) is 0 Å². The second kappa shape index (κ2) is 4.65. The van der Waals surface area contributed by atoms with Crippen LogP contribution in [0.15, 0.2) is 18.2 Å². The van der Waals surface area contributed by atoms with Crippen molar-refractivity contribution >= 4 is 17.6 Å². The van der Waals surface area contributed by atoms with E-state index in [1.165, 1.54) is 12.1 Å². The molecule has 0 unspecified atom stereocenters. The van der Waals surface area contributed by atoms with Gasteiger partial charge in [0.05, 0.1) is 10.4 Å². The van der Waals surface area contributed by atoms with Crippen LogP contribution in [0.5, 0.6) is 0 Å². The monoisotopic (exact) mass is 256 g/mol. The molecule has 0 aliphatic heterocycles. The molecule has 0 heterocycles. The highest BCUT2D eigenvalue weighted by atomic mass is 35.5. The Balaban J connectivity index is 2.45. The van der Waals surface area contributed by atoms with Crippen LogP contribution in [-0.4, -0.2) is 11.1 Å². The average molecular weight is 257 g/mol. The van der Waals surface area contributed by atoms with Crippen LogP contribution in [0.4, 0.5) is 4.39 Å². The zero-order valence-corrected chi connectivity index (χ0v) is 10.1. The predicted octanol–water partition coefficient (Wildman–Crippen LogP) is 3.77. The molecule has 0 spiro atoms. The van der Waals surface area contributed by atoms with Gasteiger partial charge in [-0.15, -0.1) is 0 Å². The van der Waals surface area contributed by atoms with Crippen molar-refractivity contribution in [2.24, 2.45) is 0 Å². The first-order chi connectivity index (χ1) is 8.06. The van der Waals surface area contributed by atoms with Gasteiger partial charge in [-0.2, -0.15) is 0 Å². The zero-order valence-electron chi connectivity index (χ0n) is 9.38. The maximum Gasteiger partial charge on any atom is 0.314 e. The van der Waals surface area contributed by atoms with Crippen LogP contribution in [0.25, 0.3) is 0 Å². The predicted molar refractivity (Wildman–Crippen MR) is 63.8 cm³/mol. The highest BCUT2D eigenvalue weighted by molar-refractivity contribution is 6.30. The largest absolute Gasteiger partial charge is 0.481 e. The Morgan fingerprint density at radius 3 is 2.47 bits per heavy atom. The molecule has 1 fully saturated rings. The van der Waals surface area contributed by atoms with E-state index < -0.39 is 17.2 Å². The molecule has 1 aromatic rings. The zero-order chi connectivity index (χ0) is 12.5. The summed E-state index contributed by atoms with van der Waals surface area (Å²) in [5, 5.41) is 9.48. The summed E-state index contributed by atoms with van der Waals surface area (Å²) in [6.07, 6.45) is 3.94. The number of rotatable bonds is 2. The topological polar surface area (TPSA) is 37.3 Å². The molecular weight excluding hydrogens is 243 g/mol. The molecule has 1 aliphatic rings. The molecule has 1 aromatic carbocycles. The van der Waals surface area contributed by atoms with E-state index in [2.05, 4.69) is 0 Å². The van der Waals surface area contributed by atoms with Gasteiger partial charge in [0.25, 0.3) is 0 Å². The number of hydrogen-bond acceptors (Lipinski definition) is 1. The minimum atomic E-state index is -0.927. The van der Waals surface area contributed by atoms with E-state index in [-0.39, 0.29) is 5.02 Å². The fourth-order valence-electron chi connectivity index (χ4n) is 2.58. The molecule has 0 amide bonds. The molecule has 92 valence electrons. The molecule has 2 rings (SSSR count). The van der Waals surface area contributed by atoms with Crippen molar-refractivity contribution in [3.63, 3.8) is 0 Å². The first-order valence-electron chi connectivity index (χ1n) is 5.75. The molecule has 1 aliphatic carbocycles. The van der Waals surface area contributed by atoms with Gasteiger partial charge >= 0.3 is 5.97 Å². The lowest BCUT2D eigenvalue weighted by molar-refractivity contribution is -0.145. The normalized spacial score (nSPS) is 18.9. The fraction of sp³-hybridized carbons (Fsp3) is 0.462. The van der Waals surface area contributed by atoms with Crippen molar-refractivity contribution < 1.29 is 14.3 Å². The quantitative estimate of drug-likeness (QED) is 0.875. The first-order valence-corrected chi connectivity index (χ1v) is 6.13. The summed E-state index contributed by atoms with van der Waals surface area (Å²) in [5.74, 6) is -1.41. The van der Waals surface area contributed by atoms with Gasteiger partial charge in [-0.1, -0.05) is 36.9 Å². The number of carboxylic acid groups (broad SMARTS) is 1. The van der Waals surface area contributed by atoms with E-state index in [0.29, 0.717) is 18.4 Å². The smallest absolute Gasteiger partial charge is 0.314 e. The Bertz CT molecular complexity index is 439. The van der Waals surface area contributed by atoms with Crippen LogP contribution >= 0.6 is 11.6 Å². The number of carbonyl (C=O) groups is 1. The van der Waals surface area contributed by atoms with Crippen LogP contribution in [0, 0.1) is 5.82 Å². The molecule has 0 atom stereocenters. The molecule has 4 heteroatoms. The van der Waals surface area contributed by atoms with Crippen molar-refractivity contribution in [2.45, 2.75) is 37.5 Å². The number of benzene rings is 1. The average Bonchev–Trinajstić information content (AvgIpc) is 2.33. The van der Waals surface area contributed by atoms with Gasteiger partial charge in [-0.25, -0.2) is 4.39 Å². The van der Waals surface area contributed by atoms with Crippen LogP contribution in [0.1, 0.15) is 37.7 Å². The number of aliphatic carboxylic acids is 1. The molecule has 2 nitrogen and oxygen atoms in total. The number of halogens is 2. The third-order valence-corrected chi connectivity index (χ3v) is 3.90. The number of carboxylic acids is 1. The van der Waals surface area contributed by atoms with Gasteiger partial charge in [0.2, 0.25) is 0 Å². The summed E-state index contributed by atoms with van der Waals surface area (Å²) in [7, 11) is 0. The van der Waals surface area contributed by atoms with Gasteiger partial charge in [-0.05, 0) is 30.5 Å². The Morgan fingerprint density at radius 2 is 1.94 bits per heavy atom. The molecule has 0 aromatic heterocycles. The van der Waals surface area contributed by atoms with Crippen LogP contribution in [0.2, 0.25) is 5.02 Å². The fourth-order valence-corrected chi connectivity index (χ4v) is 2.69. The Kier molecular flexibility index (Phi) is 3.38. The SMILES string of the molecule is O=C(O)C1(c2ccc(Cl)c(F)c2)CCCCC1. The lowest BCUT2D eigenvalue weighted by Crippen LogP contribution is -2.37. The second-order valence-corrected chi connectivity index (χ2v) is 4.98. The van der Waals surface area contributed by atoms with Gasteiger partial charge in [0, 0.05) is 0 Å². The van der Waals surface area contributed by atoms with Crippen molar-refractivity contribution in [3.05, 3.63) is 34.6 Å². The van der Waals surface area contributed by atoms with Crippen LogP contribution in [-0.2, 0) is 10.2 Å². The standard InChI is InChI=1S/C13H14ClFO2/c14-10-5-4-9(8-11(10)15)13(12(16)17)6-2-1-3-7-13/h4-5,8H,1-3,6-7H2,(H,16,17). The maximum absolute atomic E-state index is 13.4. The first kappa shape index (κ1) is 12.4. The molecule has 1 N–H and O–H groups in total. The summed E-state index contributed by atoms with van der Waals surface area (Å²) in [6.45, 7) is 0. The summed E-state index contributed by atoms with van der Waals surface area (Å²) in [5.41, 5.74) is -0.393. The summed E-state index contributed by atoms with van der Waals surface area (Å²) in [6, 6.07) is 4.33. The van der Waals surface area contributed by atoms with Gasteiger partial charge in [-0.3, -0.25) is 4.79 Å². The van der Waals surface area contributed by atoms with E-state index in [1.807, 2.05) is 0 Å². The Hall–Kier alpha value is -1.09. The van der Waals surface area contributed by atoms with Gasteiger partial charge in [0.1, 0.15) is 5.82 Å². The number of hydrogen-bond donors (Lipinski definition) is 1. The second-order valence-electron chi connectivity index (χ2n) is 4.58. The van der Waals surface area contributed by atoms with Gasteiger partial charge < -0.3 is 5.11 Å². The Labute approximate surface area is 104 Å². The van der Waals surface area contributed by atoms with Crippen molar-refractivity contribution in [1.29, 1.82) is 0 Å². The molecule has 0 radical (unpaired) electrons. The molecule has 0 bridgehead atoms. The minimum absolute atomic E-state index is 0.0325. The third-order valence-electron chi connectivity index (χ3n) is 3.59. The summed E-state index contributed by atoms with van der Waals surface area (Å²) in [4.78, 5) is 11.5. The van der Waals surface area contributed by atoms with Crippen LogP contribution in [0.3, 0.4) is 0 Å². The highest BCUT2D eigenvalue weighted by Crippen LogP contribution is 2.40. The van der Waals surface area contributed by atoms with E-state index in [4.69, 9.17) is 11.6 Å². The highest BCUT2D eigenvalue weighted by Gasteiger charge is 2.41. The van der Waals surface area contributed by atoms with Crippen molar-refractivity contribution in [2.75, 3.05) is 0 Å². The molecule has 1 saturated carbocycles. The maximum atomic E-state index is 13.4. The third kappa shape index (κ3) is 2.16. The molecule has 0 saturated heterocycles. The lowest BCUT2D eigenvalue weighted by atomic mass is 9.69. The van der Waals surface area contributed by atoms with Crippen LogP contribution < -0.4 is 0 Å². The van der Waals surface area contributed by atoms with E-state index in [0.717, 1.165) is 19.3 Å². The summed E-state index contributed by atoms with van der Waals surface area (Å²) < 4.78 is 13.4. The summed E-state index contributed by atoms with van der Waals surface area (Å²) >= 11 is 5.62. The Morgan fingerprint density at radius 1 is 1.29 bits per heavy atom. The van der Waals surface area contributed by atoms with E-state index in [9.17, 15) is 14.3 Å². The van der Waals surface area contributed by atoms with Crippen molar-refractivity contribution in [1.82, 2.24) is 0 Å². The van der Waals surface area contributed by atoms with Gasteiger partial charge in [0.15, 0.2) is 0 Å². The van der Waals surface area contributed by atoms with E-state index >= 15 is 0 Å². The lowest BCUT2D eigenvalue weighted by Gasteiger charge is -2.33. The van der Waals surface area contributed by atoms with E-state index in [1.54, 1.807) is 6.07 Å². The minimum Gasteiger partial charge on any atom is -0.481 e. The molecular formula is C13H14ClFO2.